The fraction of sp³-hybridized carbons (Fsp3) is 0.250. The van der Waals surface area contributed by atoms with E-state index in [-0.39, 0.29) is 11.6 Å². The third kappa shape index (κ3) is 2.19. The van der Waals surface area contributed by atoms with E-state index < -0.39 is 11.4 Å². The van der Waals surface area contributed by atoms with E-state index in [1.165, 1.54) is 6.20 Å². The van der Waals surface area contributed by atoms with E-state index in [9.17, 15) is 14.7 Å². The number of carboxylic acid groups (broad SMARTS) is 1. The highest BCUT2D eigenvalue weighted by molar-refractivity contribution is 5.96. The van der Waals surface area contributed by atoms with Gasteiger partial charge in [0, 0.05) is 41.1 Å². The summed E-state index contributed by atoms with van der Waals surface area (Å²) in [4.78, 5) is 28.5. The van der Waals surface area contributed by atoms with E-state index in [1.807, 2.05) is 22.9 Å². The van der Waals surface area contributed by atoms with Gasteiger partial charge in [0.05, 0.1) is 18.7 Å². The third-order valence-electron chi connectivity index (χ3n) is 5.17. The summed E-state index contributed by atoms with van der Waals surface area (Å²) in [6.07, 6.45) is 7.03. The van der Waals surface area contributed by atoms with Gasteiger partial charge in [0.25, 0.3) is 0 Å². The zero-order valence-electron chi connectivity index (χ0n) is 13.9. The van der Waals surface area contributed by atoms with Crippen LogP contribution in [0.15, 0.2) is 41.6 Å². The van der Waals surface area contributed by atoms with Crippen LogP contribution in [-0.4, -0.2) is 20.6 Å². The fourth-order valence-electron chi connectivity index (χ4n) is 3.77. The van der Waals surface area contributed by atoms with Crippen LogP contribution in [0.1, 0.15) is 40.4 Å². The second-order valence-corrected chi connectivity index (χ2v) is 6.83. The van der Waals surface area contributed by atoms with Crippen LogP contribution in [-0.2, 0) is 18.0 Å². The van der Waals surface area contributed by atoms with Crippen LogP contribution in [0, 0.1) is 0 Å². The topological polar surface area (TPSA) is 81.4 Å². The van der Waals surface area contributed by atoms with E-state index in [4.69, 9.17) is 4.74 Å². The van der Waals surface area contributed by atoms with Crippen molar-refractivity contribution in [2.45, 2.75) is 32.1 Å². The first-order valence-corrected chi connectivity index (χ1v) is 8.60. The number of aromatic nitrogens is 2. The molecule has 1 fully saturated rings. The molecule has 5 rings (SSSR count). The van der Waals surface area contributed by atoms with Gasteiger partial charge in [0.2, 0.25) is 5.43 Å². The van der Waals surface area contributed by atoms with Crippen LogP contribution in [0.2, 0.25) is 0 Å². The van der Waals surface area contributed by atoms with Crippen molar-refractivity contribution in [1.82, 2.24) is 9.55 Å². The number of hydrogen-bond acceptors (Lipinski definition) is 4. The van der Waals surface area contributed by atoms with Gasteiger partial charge in [0.1, 0.15) is 5.56 Å². The molecule has 2 aromatic heterocycles. The SMILES string of the molecule is O=C(O)c1cn(C2CC2)c2c3c(ccc2c1=O)-c1cnccc1COC3. The Morgan fingerprint density at radius 3 is 2.81 bits per heavy atom. The van der Waals surface area contributed by atoms with Crippen LogP contribution in [0.25, 0.3) is 22.0 Å². The molecular weight excluding hydrogens is 332 g/mol. The Morgan fingerprint density at radius 1 is 1.19 bits per heavy atom. The highest BCUT2D eigenvalue weighted by atomic mass is 16.5. The summed E-state index contributed by atoms with van der Waals surface area (Å²) in [6.45, 7) is 0.856. The Hall–Kier alpha value is -2.99. The van der Waals surface area contributed by atoms with Crippen molar-refractivity contribution < 1.29 is 14.6 Å². The number of hydrogen-bond donors (Lipinski definition) is 1. The minimum absolute atomic E-state index is 0.180. The molecule has 1 saturated carbocycles. The van der Waals surface area contributed by atoms with Crippen molar-refractivity contribution in [2.24, 2.45) is 0 Å². The molecule has 1 aromatic carbocycles. The summed E-state index contributed by atoms with van der Waals surface area (Å²) in [5.74, 6) is -1.19. The van der Waals surface area contributed by atoms with E-state index in [0.29, 0.717) is 18.6 Å². The molecule has 1 aliphatic heterocycles. The monoisotopic (exact) mass is 348 g/mol. The predicted octanol–water partition coefficient (Wildman–Crippen LogP) is 3.13. The molecule has 0 spiro atoms. The van der Waals surface area contributed by atoms with Gasteiger partial charge >= 0.3 is 5.97 Å². The molecule has 26 heavy (non-hydrogen) atoms. The number of benzene rings is 1. The Labute approximate surface area is 148 Å². The van der Waals surface area contributed by atoms with E-state index >= 15 is 0 Å². The lowest BCUT2D eigenvalue weighted by atomic mass is 9.95. The number of rotatable bonds is 2. The number of ether oxygens (including phenoxy) is 1. The fourth-order valence-corrected chi connectivity index (χ4v) is 3.77. The van der Waals surface area contributed by atoms with Crippen molar-refractivity contribution in [3.05, 3.63) is 63.7 Å². The first kappa shape index (κ1) is 15.3. The van der Waals surface area contributed by atoms with Crippen molar-refractivity contribution in [3.63, 3.8) is 0 Å². The van der Waals surface area contributed by atoms with Gasteiger partial charge in [0.15, 0.2) is 0 Å². The highest BCUT2D eigenvalue weighted by Gasteiger charge is 2.29. The van der Waals surface area contributed by atoms with Gasteiger partial charge < -0.3 is 14.4 Å². The summed E-state index contributed by atoms with van der Waals surface area (Å²) in [6, 6.07) is 5.80. The van der Waals surface area contributed by atoms with Gasteiger partial charge in [-0.3, -0.25) is 9.78 Å². The van der Waals surface area contributed by atoms with Gasteiger partial charge in [-0.05, 0) is 36.1 Å². The predicted molar refractivity (Wildman–Crippen MR) is 95.2 cm³/mol. The summed E-state index contributed by atoms with van der Waals surface area (Å²) < 4.78 is 7.83. The quantitative estimate of drug-likeness (QED) is 0.769. The first-order valence-electron chi connectivity index (χ1n) is 8.60. The number of aromatic carboxylic acids is 1. The van der Waals surface area contributed by atoms with E-state index in [1.54, 1.807) is 12.3 Å². The molecule has 3 aromatic rings. The smallest absolute Gasteiger partial charge is 0.341 e. The zero-order chi connectivity index (χ0) is 17.8. The van der Waals surface area contributed by atoms with Crippen LogP contribution < -0.4 is 5.43 Å². The van der Waals surface area contributed by atoms with Crippen molar-refractivity contribution in [2.75, 3.05) is 0 Å². The number of carboxylic acids is 1. The average molecular weight is 348 g/mol. The minimum Gasteiger partial charge on any atom is -0.477 e. The normalized spacial score (nSPS) is 16.0. The van der Waals surface area contributed by atoms with E-state index in [0.717, 1.165) is 40.6 Å². The molecule has 6 heteroatoms. The molecule has 1 N–H and O–H groups in total. The molecule has 0 bridgehead atoms. The van der Waals surface area contributed by atoms with Crippen molar-refractivity contribution >= 4 is 16.9 Å². The van der Waals surface area contributed by atoms with Crippen molar-refractivity contribution in [1.29, 1.82) is 0 Å². The van der Waals surface area contributed by atoms with Crippen LogP contribution in [0.4, 0.5) is 0 Å². The van der Waals surface area contributed by atoms with Gasteiger partial charge in [-0.15, -0.1) is 0 Å². The average Bonchev–Trinajstić information content (AvgIpc) is 3.48. The third-order valence-corrected chi connectivity index (χ3v) is 5.17. The maximum atomic E-state index is 12.7. The summed E-state index contributed by atoms with van der Waals surface area (Å²) >= 11 is 0. The minimum atomic E-state index is -1.19. The molecule has 130 valence electrons. The summed E-state index contributed by atoms with van der Waals surface area (Å²) in [5, 5.41) is 9.86. The molecule has 1 aliphatic carbocycles. The number of carbonyl (C=O) groups is 1. The van der Waals surface area contributed by atoms with Gasteiger partial charge in [-0.1, -0.05) is 6.07 Å². The standard InChI is InChI=1S/C20H16N2O4/c23-19-14-4-3-13-15-7-21-6-5-11(15)9-26-10-17(13)18(14)22(12-1-2-12)8-16(19)20(24)25/h3-8,12H,1-2,9-10H2,(H,24,25). The summed E-state index contributed by atoms with van der Waals surface area (Å²) in [7, 11) is 0. The van der Waals surface area contributed by atoms with Gasteiger partial charge in [-0.25, -0.2) is 4.79 Å². The molecule has 3 heterocycles. The maximum absolute atomic E-state index is 12.7. The number of fused-ring (bicyclic) bond motifs is 5. The molecule has 0 atom stereocenters. The molecule has 2 aliphatic rings. The molecule has 0 radical (unpaired) electrons. The second kappa shape index (κ2) is 5.51. The lowest BCUT2D eigenvalue weighted by Gasteiger charge is -2.17. The number of nitrogens with zero attached hydrogens (tertiary/aromatic N) is 2. The van der Waals surface area contributed by atoms with Crippen molar-refractivity contribution in [3.8, 4) is 11.1 Å². The largest absolute Gasteiger partial charge is 0.477 e. The molecular formula is C20H16N2O4. The lowest BCUT2D eigenvalue weighted by Crippen LogP contribution is -2.19. The zero-order valence-corrected chi connectivity index (χ0v) is 13.9. The maximum Gasteiger partial charge on any atom is 0.341 e. The Balaban J connectivity index is 1.90. The molecule has 6 nitrogen and oxygen atoms in total. The lowest BCUT2D eigenvalue weighted by molar-refractivity contribution is 0.0695. The first-order chi connectivity index (χ1) is 12.6. The molecule has 0 saturated heterocycles. The molecule has 0 amide bonds. The van der Waals surface area contributed by atoms with Crippen LogP contribution >= 0.6 is 0 Å². The van der Waals surface area contributed by atoms with E-state index in [2.05, 4.69) is 4.98 Å². The second-order valence-electron chi connectivity index (χ2n) is 6.83. The van der Waals surface area contributed by atoms with Crippen LogP contribution in [0.5, 0.6) is 0 Å². The van der Waals surface area contributed by atoms with Gasteiger partial charge in [-0.2, -0.15) is 0 Å². The Bertz CT molecular complexity index is 1130. The highest BCUT2D eigenvalue weighted by Crippen LogP contribution is 2.41. The number of pyridine rings is 2. The Kier molecular flexibility index (Phi) is 3.24. The molecule has 0 unspecified atom stereocenters. The Morgan fingerprint density at radius 2 is 2.04 bits per heavy atom. The summed E-state index contributed by atoms with van der Waals surface area (Å²) in [5.41, 5.74) is 4.14. The van der Waals surface area contributed by atoms with Crippen LogP contribution in [0.3, 0.4) is 0 Å².